The van der Waals surface area contributed by atoms with E-state index in [9.17, 15) is 0 Å². The third-order valence-electron chi connectivity index (χ3n) is 3.90. The predicted octanol–water partition coefficient (Wildman–Crippen LogP) is 2.92. The van der Waals surface area contributed by atoms with Gasteiger partial charge < -0.3 is 11.1 Å². The van der Waals surface area contributed by atoms with E-state index in [1.54, 1.807) is 0 Å². The number of rotatable bonds is 3. The minimum absolute atomic E-state index is 0.564. The lowest BCUT2D eigenvalue weighted by molar-refractivity contribution is 0.458. The second-order valence-corrected chi connectivity index (χ2v) is 5.33. The molecule has 2 aromatic rings. The fraction of sp³-hybridized carbons (Fsp3) is 0.294. The number of nitrogen functional groups attached to an aromatic ring is 1. The fourth-order valence-corrected chi connectivity index (χ4v) is 2.81. The van der Waals surface area contributed by atoms with E-state index in [-0.39, 0.29) is 0 Å². The third kappa shape index (κ3) is 2.96. The highest BCUT2D eigenvalue weighted by Crippen LogP contribution is 2.23. The van der Waals surface area contributed by atoms with Crippen LogP contribution in [0.1, 0.15) is 23.1 Å². The molecule has 0 amide bonds. The molecule has 0 bridgehead atoms. The number of nitrogens with one attached hydrogen (secondary N) is 1. The second kappa shape index (κ2) is 5.45. The van der Waals surface area contributed by atoms with Crippen molar-refractivity contribution in [3.63, 3.8) is 0 Å². The molecule has 3 rings (SSSR count). The van der Waals surface area contributed by atoms with Crippen molar-refractivity contribution in [2.45, 2.75) is 31.8 Å². The molecule has 0 aliphatic heterocycles. The Bertz CT molecular complexity index is 548. The normalized spacial score (nSPS) is 18.0. The Morgan fingerprint density at radius 3 is 2.74 bits per heavy atom. The van der Waals surface area contributed by atoms with E-state index >= 15 is 0 Å². The Morgan fingerprint density at radius 2 is 1.89 bits per heavy atom. The first-order chi connectivity index (χ1) is 9.31. The Kier molecular flexibility index (Phi) is 3.51. The lowest BCUT2D eigenvalue weighted by atomic mass is 9.88. The van der Waals surface area contributed by atoms with Gasteiger partial charge in [-0.1, -0.05) is 36.4 Å². The molecule has 1 aliphatic rings. The van der Waals surface area contributed by atoms with Crippen LogP contribution in [0.15, 0.2) is 48.5 Å². The van der Waals surface area contributed by atoms with Gasteiger partial charge in [-0.3, -0.25) is 0 Å². The summed E-state index contributed by atoms with van der Waals surface area (Å²) in [5.41, 5.74) is 11.0. The summed E-state index contributed by atoms with van der Waals surface area (Å²) in [6.45, 7) is 0.948. The van der Waals surface area contributed by atoms with Crippen LogP contribution in [0, 0.1) is 0 Å². The first-order valence-electron chi connectivity index (χ1n) is 6.96. The summed E-state index contributed by atoms with van der Waals surface area (Å²) in [5, 5.41) is 3.66. The van der Waals surface area contributed by atoms with Gasteiger partial charge in [-0.05, 0) is 48.1 Å². The van der Waals surface area contributed by atoms with Gasteiger partial charge in [-0.15, -0.1) is 0 Å². The third-order valence-corrected chi connectivity index (χ3v) is 3.90. The van der Waals surface area contributed by atoms with Gasteiger partial charge in [-0.2, -0.15) is 0 Å². The molecule has 2 nitrogen and oxygen atoms in total. The van der Waals surface area contributed by atoms with E-state index in [0.717, 1.165) is 25.1 Å². The van der Waals surface area contributed by atoms with Crippen LogP contribution in [-0.2, 0) is 19.4 Å². The number of hydrogen-bond acceptors (Lipinski definition) is 2. The Hall–Kier alpha value is -1.80. The summed E-state index contributed by atoms with van der Waals surface area (Å²) in [4.78, 5) is 0. The summed E-state index contributed by atoms with van der Waals surface area (Å²) < 4.78 is 0. The molecule has 1 atom stereocenters. The Morgan fingerprint density at radius 1 is 1.05 bits per heavy atom. The zero-order valence-corrected chi connectivity index (χ0v) is 11.1. The monoisotopic (exact) mass is 252 g/mol. The number of fused-ring (bicyclic) bond motifs is 1. The van der Waals surface area contributed by atoms with Crippen LogP contribution < -0.4 is 11.1 Å². The summed E-state index contributed by atoms with van der Waals surface area (Å²) in [5.74, 6) is 0. The molecule has 0 spiro atoms. The molecule has 0 saturated heterocycles. The zero-order valence-electron chi connectivity index (χ0n) is 11.1. The molecule has 98 valence electrons. The van der Waals surface area contributed by atoms with Gasteiger partial charge in [0, 0.05) is 18.3 Å². The molecular weight excluding hydrogens is 232 g/mol. The fourth-order valence-electron chi connectivity index (χ4n) is 2.81. The number of nitrogens with two attached hydrogens (primary N) is 1. The van der Waals surface area contributed by atoms with Crippen LogP contribution in [-0.4, -0.2) is 6.04 Å². The van der Waals surface area contributed by atoms with Gasteiger partial charge in [0.1, 0.15) is 0 Å². The van der Waals surface area contributed by atoms with Gasteiger partial charge in [0.25, 0.3) is 0 Å². The van der Waals surface area contributed by atoms with Crippen LogP contribution in [0.25, 0.3) is 0 Å². The van der Waals surface area contributed by atoms with Crippen LogP contribution in [0.3, 0.4) is 0 Å². The second-order valence-electron chi connectivity index (χ2n) is 5.33. The average molecular weight is 252 g/mol. The molecule has 19 heavy (non-hydrogen) atoms. The quantitative estimate of drug-likeness (QED) is 0.824. The molecule has 0 heterocycles. The average Bonchev–Trinajstić information content (AvgIpc) is 2.46. The van der Waals surface area contributed by atoms with Crippen molar-refractivity contribution < 1.29 is 0 Å². The predicted molar refractivity (Wildman–Crippen MR) is 79.9 cm³/mol. The summed E-state index contributed by atoms with van der Waals surface area (Å²) in [6, 6.07) is 17.5. The van der Waals surface area contributed by atoms with Crippen molar-refractivity contribution >= 4 is 5.69 Å². The van der Waals surface area contributed by atoms with Crippen molar-refractivity contribution in [1.29, 1.82) is 0 Å². The number of anilines is 1. The lowest BCUT2D eigenvalue weighted by Crippen LogP contribution is -2.34. The molecule has 3 N–H and O–H groups in total. The van der Waals surface area contributed by atoms with Crippen molar-refractivity contribution in [2.75, 3.05) is 5.73 Å². The summed E-state index contributed by atoms with van der Waals surface area (Å²) in [7, 11) is 0. The first-order valence-corrected chi connectivity index (χ1v) is 6.96. The van der Waals surface area contributed by atoms with Gasteiger partial charge >= 0.3 is 0 Å². The van der Waals surface area contributed by atoms with Crippen LogP contribution in [0.2, 0.25) is 0 Å². The highest BCUT2D eigenvalue weighted by molar-refractivity contribution is 5.46. The summed E-state index contributed by atoms with van der Waals surface area (Å²) in [6.07, 6.45) is 3.46. The SMILES string of the molecule is Nc1ccc2c(c1)CC(NCc1ccccc1)CC2. The van der Waals surface area contributed by atoms with Crippen LogP contribution >= 0.6 is 0 Å². The van der Waals surface area contributed by atoms with E-state index in [2.05, 4.69) is 47.8 Å². The highest BCUT2D eigenvalue weighted by atomic mass is 14.9. The molecule has 2 heteroatoms. The molecule has 0 saturated carbocycles. The van der Waals surface area contributed by atoms with Crippen LogP contribution in [0.5, 0.6) is 0 Å². The van der Waals surface area contributed by atoms with Crippen molar-refractivity contribution in [2.24, 2.45) is 0 Å². The Balaban J connectivity index is 1.62. The number of aryl methyl sites for hydroxylation is 1. The molecular formula is C17H20N2. The molecule has 0 aromatic heterocycles. The topological polar surface area (TPSA) is 38.0 Å². The van der Waals surface area contributed by atoms with E-state index in [4.69, 9.17) is 5.73 Å². The summed E-state index contributed by atoms with van der Waals surface area (Å²) >= 11 is 0. The van der Waals surface area contributed by atoms with Gasteiger partial charge in [-0.25, -0.2) is 0 Å². The van der Waals surface area contributed by atoms with E-state index < -0.39 is 0 Å². The maximum absolute atomic E-state index is 5.87. The minimum atomic E-state index is 0.564. The molecule has 0 radical (unpaired) electrons. The maximum atomic E-state index is 5.87. The van der Waals surface area contributed by atoms with E-state index in [0.29, 0.717) is 6.04 Å². The van der Waals surface area contributed by atoms with E-state index in [1.807, 2.05) is 6.07 Å². The first kappa shape index (κ1) is 12.2. The minimum Gasteiger partial charge on any atom is -0.399 e. The van der Waals surface area contributed by atoms with Gasteiger partial charge in [0.2, 0.25) is 0 Å². The van der Waals surface area contributed by atoms with Crippen molar-refractivity contribution in [3.05, 3.63) is 65.2 Å². The van der Waals surface area contributed by atoms with Crippen molar-refractivity contribution in [1.82, 2.24) is 5.32 Å². The zero-order chi connectivity index (χ0) is 13.1. The number of hydrogen-bond donors (Lipinski definition) is 2. The van der Waals surface area contributed by atoms with Crippen LogP contribution in [0.4, 0.5) is 5.69 Å². The Labute approximate surface area is 114 Å². The standard InChI is InChI=1S/C17H20N2/c18-16-8-6-14-7-9-17(11-15(14)10-16)19-12-13-4-2-1-3-5-13/h1-6,8,10,17,19H,7,9,11-12,18H2. The largest absolute Gasteiger partial charge is 0.399 e. The van der Waals surface area contributed by atoms with Crippen molar-refractivity contribution in [3.8, 4) is 0 Å². The molecule has 1 unspecified atom stereocenters. The van der Waals surface area contributed by atoms with E-state index in [1.165, 1.54) is 23.1 Å². The lowest BCUT2D eigenvalue weighted by Gasteiger charge is -2.26. The molecule has 0 fully saturated rings. The maximum Gasteiger partial charge on any atom is 0.0316 e. The smallest absolute Gasteiger partial charge is 0.0316 e. The highest BCUT2D eigenvalue weighted by Gasteiger charge is 2.18. The molecule has 1 aliphatic carbocycles. The van der Waals surface area contributed by atoms with Gasteiger partial charge in [0.05, 0.1) is 0 Å². The van der Waals surface area contributed by atoms with Gasteiger partial charge in [0.15, 0.2) is 0 Å². The number of benzene rings is 2. The molecule has 2 aromatic carbocycles.